The molecule has 2 heterocycles. The number of nitrogens with zero attached hydrogens (tertiary/aromatic N) is 1. The number of fused-ring (bicyclic) bond motifs is 7. The average Bonchev–Trinajstić information content (AvgIpc) is 3.52. The van der Waals surface area contributed by atoms with E-state index in [2.05, 4.69) is 193 Å². The number of ether oxygens (including phenoxy) is 1. The standard InChI is InChI=1S/C47H31NO/c1-4-15-35(16-5-1)47(36-17-6-2-7-18-36)41-22-12-13-23-44(41)49-45-29-26-33(30-42(45)47)34-25-27-39-40-28-24-32-14-10-11-21-38(32)46(40)48(43(39)31-34)37-19-8-3-9-20-37/h1-31H. The molecule has 9 aromatic rings. The Labute approximate surface area is 285 Å². The summed E-state index contributed by atoms with van der Waals surface area (Å²) in [4.78, 5) is 0. The molecule has 10 rings (SSSR count). The Morgan fingerprint density at radius 1 is 0.408 bits per heavy atom. The van der Waals surface area contributed by atoms with Gasteiger partial charge in [-0.1, -0.05) is 152 Å². The first-order chi connectivity index (χ1) is 24.3. The highest BCUT2D eigenvalue weighted by Crippen LogP contribution is 2.56. The molecule has 230 valence electrons. The van der Waals surface area contributed by atoms with Gasteiger partial charge in [-0.25, -0.2) is 0 Å². The molecule has 0 amide bonds. The van der Waals surface area contributed by atoms with E-state index in [4.69, 9.17) is 4.74 Å². The van der Waals surface area contributed by atoms with Crippen molar-refractivity contribution >= 4 is 32.6 Å². The summed E-state index contributed by atoms with van der Waals surface area (Å²) < 4.78 is 9.13. The molecule has 0 spiro atoms. The molecule has 2 nitrogen and oxygen atoms in total. The molecule has 0 unspecified atom stereocenters. The van der Waals surface area contributed by atoms with Gasteiger partial charge in [0.15, 0.2) is 0 Å². The van der Waals surface area contributed by atoms with Crippen molar-refractivity contribution in [3.63, 3.8) is 0 Å². The quantitative estimate of drug-likeness (QED) is 0.190. The molecule has 2 heteroatoms. The third kappa shape index (κ3) is 4.07. The lowest BCUT2D eigenvalue weighted by atomic mass is 9.63. The molecular weight excluding hydrogens is 595 g/mol. The Kier molecular flexibility index (Phi) is 6.13. The molecule has 1 aliphatic heterocycles. The maximum Gasteiger partial charge on any atom is 0.132 e. The highest BCUT2D eigenvalue weighted by molar-refractivity contribution is 6.19. The zero-order valence-electron chi connectivity index (χ0n) is 26.8. The van der Waals surface area contributed by atoms with Crippen molar-refractivity contribution in [2.75, 3.05) is 0 Å². The largest absolute Gasteiger partial charge is 0.457 e. The van der Waals surface area contributed by atoms with E-state index in [1.165, 1.54) is 43.7 Å². The first kappa shape index (κ1) is 27.7. The minimum Gasteiger partial charge on any atom is -0.457 e. The summed E-state index contributed by atoms with van der Waals surface area (Å²) in [7, 11) is 0. The second-order valence-electron chi connectivity index (χ2n) is 12.9. The van der Waals surface area contributed by atoms with Crippen LogP contribution in [0.4, 0.5) is 0 Å². The predicted octanol–water partition coefficient (Wildman–Crippen LogP) is 12.1. The van der Waals surface area contributed by atoms with Crippen molar-refractivity contribution in [1.29, 1.82) is 0 Å². The topological polar surface area (TPSA) is 14.2 Å². The third-order valence-corrected chi connectivity index (χ3v) is 10.3. The Balaban J connectivity index is 1.26. The highest BCUT2D eigenvalue weighted by atomic mass is 16.5. The van der Waals surface area contributed by atoms with E-state index in [-0.39, 0.29) is 0 Å². The van der Waals surface area contributed by atoms with Crippen molar-refractivity contribution in [2.45, 2.75) is 5.41 Å². The summed E-state index contributed by atoms with van der Waals surface area (Å²) >= 11 is 0. The lowest BCUT2D eigenvalue weighted by Crippen LogP contribution is -2.34. The molecule has 8 aromatic carbocycles. The van der Waals surface area contributed by atoms with Gasteiger partial charge < -0.3 is 9.30 Å². The first-order valence-corrected chi connectivity index (χ1v) is 16.9. The van der Waals surface area contributed by atoms with E-state index in [1.54, 1.807) is 0 Å². The number of benzene rings is 8. The van der Waals surface area contributed by atoms with E-state index >= 15 is 0 Å². The van der Waals surface area contributed by atoms with Crippen LogP contribution in [0.1, 0.15) is 22.3 Å². The summed E-state index contributed by atoms with van der Waals surface area (Å²) in [5, 5.41) is 4.99. The van der Waals surface area contributed by atoms with Crippen LogP contribution < -0.4 is 4.74 Å². The van der Waals surface area contributed by atoms with Crippen LogP contribution in [0.2, 0.25) is 0 Å². The first-order valence-electron chi connectivity index (χ1n) is 16.9. The zero-order valence-corrected chi connectivity index (χ0v) is 26.8. The van der Waals surface area contributed by atoms with Gasteiger partial charge in [-0.05, 0) is 64.0 Å². The summed E-state index contributed by atoms with van der Waals surface area (Å²) in [5.41, 5.74) is 10.0. The lowest BCUT2D eigenvalue weighted by Gasteiger charge is -2.41. The van der Waals surface area contributed by atoms with Crippen LogP contribution in [0, 0.1) is 0 Å². The maximum absolute atomic E-state index is 6.69. The maximum atomic E-state index is 6.69. The van der Waals surface area contributed by atoms with Gasteiger partial charge in [-0.15, -0.1) is 0 Å². The average molecular weight is 626 g/mol. The fraction of sp³-hybridized carbons (Fsp3) is 0.0213. The second kappa shape index (κ2) is 10.8. The Morgan fingerprint density at radius 3 is 1.78 bits per heavy atom. The summed E-state index contributed by atoms with van der Waals surface area (Å²) in [6.07, 6.45) is 0. The molecule has 0 aliphatic carbocycles. The molecule has 0 N–H and O–H groups in total. The van der Waals surface area contributed by atoms with Crippen molar-refractivity contribution < 1.29 is 4.74 Å². The fourth-order valence-corrected chi connectivity index (χ4v) is 8.19. The van der Waals surface area contributed by atoms with Gasteiger partial charge in [-0.3, -0.25) is 0 Å². The molecule has 0 radical (unpaired) electrons. The van der Waals surface area contributed by atoms with Crippen LogP contribution in [0.3, 0.4) is 0 Å². The molecule has 0 fully saturated rings. The monoisotopic (exact) mass is 625 g/mol. The van der Waals surface area contributed by atoms with Crippen molar-refractivity contribution in [2.24, 2.45) is 0 Å². The van der Waals surface area contributed by atoms with Crippen LogP contribution in [0.25, 0.3) is 49.4 Å². The minimum atomic E-state index is -0.565. The number of rotatable bonds is 4. The molecule has 1 aromatic heterocycles. The second-order valence-corrected chi connectivity index (χ2v) is 12.9. The minimum absolute atomic E-state index is 0.565. The van der Waals surface area contributed by atoms with E-state index < -0.39 is 5.41 Å². The van der Waals surface area contributed by atoms with Gasteiger partial charge in [0, 0.05) is 33.0 Å². The highest BCUT2D eigenvalue weighted by Gasteiger charge is 2.45. The van der Waals surface area contributed by atoms with Gasteiger partial charge in [0.05, 0.1) is 16.4 Å². The summed E-state index contributed by atoms with van der Waals surface area (Å²) in [6, 6.07) is 67.9. The van der Waals surface area contributed by atoms with Crippen LogP contribution in [-0.4, -0.2) is 4.57 Å². The molecular formula is C47H31NO. The van der Waals surface area contributed by atoms with Crippen molar-refractivity contribution in [3.05, 3.63) is 210 Å². The van der Waals surface area contributed by atoms with Crippen molar-refractivity contribution in [1.82, 2.24) is 4.57 Å². The van der Waals surface area contributed by atoms with E-state index in [1.807, 2.05) is 0 Å². The molecule has 0 bridgehead atoms. The Hall–Kier alpha value is -6.38. The van der Waals surface area contributed by atoms with Crippen LogP contribution in [0.15, 0.2) is 188 Å². The van der Waals surface area contributed by atoms with Gasteiger partial charge in [0.2, 0.25) is 0 Å². The smallest absolute Gasteiger partial charge is 0.132 e. The zero-order chi connectivity index (χ0) is 32.4. The van der Waals surface area contributed by atoms with Crippen LogP contribution in [0.5, 0.6) is 11.5 Å². The number of hydrogen-bond donors (Lipinski definition) is 0. The van der Waals surface area contributed by atoms with E-state index in [9.17, 15) is 0 Å². The number of hydrogen-bond acceptors (Lipinski definition) is 1. The summed E-state index contributed by atoms with van der Waals surface area (Å²) in [5.74, 6) is 1.76. The van der Waals surface area contributed by atoms with Gasteiger partial charge in [0.25, 0.3) is 0 Å². The normalized spacial score (nSPS) is 13.2. The van der Waals surface area contributed by atoms with Crippen LogP contribution in [-0.2, 0) is 5.41 Å². The number of aromatic nitrogens is 1. The lowest BCUT2D eigenvalue weighted by molar-refractivity contribution is 0.434. The molecule has 0 saturated heterocycles. The van der Waals surface area contributed by atoms with E-state index in [0.29, 0.717) is 0 Å². The Morgan fingerprint density at radius 2 is 1.00 bits per heavy atom. The molecule has 49 heavy (non-hydrogen) atoms. The van der Waals surface area contributed by atoms with Gasteiger partial charge in [-0.2, -0.15) is 0 Å². The Bertz CT molecular complexity index is 2630. The van der Waals surface area contributed by atoms with Crippen LogP contribution >= 0.6 is 0 Å². The molecule has 1 aliphatic rings. The number of para-hydroxylation sites is 2. The molecule has 0 saturated carbocycles. The van der Waals surface area contributed by atoms with Crippen molar-refractivity contribution in [3.8, 4) is 28.3 Å². The van der Waals surface area contributed by atoms with Gasteiger partial charge >= 0.3 is 0 Å². The van der Waals surface area contributed by atoms with E-state index in [0.717, 1.165) is 39.4 Å². The fourth-order valence-electron chi connectivity index (χ4n) is 8.19. The summed E-state index contributed by atoms with van der Waals surface area (Å²) in [6.45, 7) is 0. The SMILES string of the molecule is c1ccc(-n2c3cc(-c4ccc5c(c4)C(c4ccccc4)(c4ccccc4)c4ccccc4O5)ccc3c3ccc4ccccc4c32)cc1. The van der Waals surface area contributed by atoms with Gasteiger partial charge in [0.1, 0.15) is 11.5 Å². The third-order valence-electron chi connectivity index (χ3n) is 10.3. The predicted molar refractivity (Wildman–Crippen MR) is 202 cm³/mol. The molecule has 0 atom stereocenters.